The van der Waals surface area contributed by atoms with Crippen LogP contribution in [0.5, 0.6) is 5.75 Å². The number of hydrogen-bond acceptors (Lipinski definition) is 4. The molecule has 1 atom stereocenters. The molecule has 3 N–H and O–H groups in total. The third-order valence-electron chi connectivity index (χ3n) is 2.98. The summed E-state index contributed by atoms with van der Waals surface area (Å²) in [6.45, 7) is 0. The zero-order valence-corrected chi connectivity index (χ0v) is 10.7. The Bertz CT molecular complexity index is 711. The highest BCUT2D eigenvalue weighted by Crippen LogP contribution is 2.30. The van der Waals surface area contributed by atoms with Gasteiger partial charge in [0.05, 0.1) is 5.69 Å². The Hall–Kier alpha value is -2.05. The van der Waals surface area contributed by atoms with Crippen molar-refractivity contribution in [1.82, 2.24) is 4.72 Å². The van der Waals surface area contributed by atoms with Gasteiger partial charge in [0.25, 0.3) is 0 Å². The van der Waals surface area contributed by atoms with Crippen molar-refractivity contribution in [3.8, 4) is 5.75 Å². The van der Waals surface area contributed by atoms with E-state index in [-0.39, 0.29) is 10.6 Å². The van der Waals surface area contributed by atoms with Crippen LogP contribution in [-0.4, -0.2) is 13.5 Å². The predicted octanol–water partition coefficient (Wildman–Crippen LogP) is 1.79. The summed E-state index contributed by atoms with van der Waals surface area (Å²) in [7, 11) is -3.52. The van der Waals surface area contributed by atoms with Crippen molar-refractivity contribution in [3.05, 3.63) is 54.1 Å². The first-order valence-corrected chi connectivity index (χ1v) is 7.21. The zero-order valence-electron chi connectivity index (χ0n) is 9.87. The first kappa shape index (κ1) is 12.0. The highest BCUT2D eigenvalue weighted by atomic mass is 32.2. The van der Waals surface area contributed by atoms with Gasteiger partial charge in [-0.05, 0) is 29.8 Å². The number of hydrogen-bond donors (Lipinski definition) is 3. The Balaban J connectivity index is 2.03. The molecular weight excluding hydrogens is 264 g/mol. The molecule has 0 aliphatic carbocycles. The fraction of sp³-hybridized carbons (Fsp3) is 0.0769. The zero-order chi connectivity index (χ0) is 13.5. The van der Waals surface area contributed by atoms with Gasteiger partial charge >= 0.3 is 0 Å². The topological polar surface area (TPSA) is 78.4 Å². The summed E-state index contributed by atoms with van der Waals surface area (Å²) in [4.78, 5) is 0.241. The van der Waals surface area contributed by atoms with Gasteiger partial charge in [0.1, 0.15) is 16.8 Å². The van der Waals surface area contributed by atoms with Crippen molar-refractivity contribution in [1.29, 1.82) is 0 Å². The van der Waals surface area contributed by atoms with Crippen LogP contribution in [0.25, 0.3) is 0 Å². The first-order chi connectivity index (χ1) is 9.06. The summed E-state index contributed by atoms with van der Waals surface area (Å²) in [5, 5.41) is 12.4. The van der Waals surface area contributed by atoms with Gasteiger partial charge in [0.15, 0.2) is 0 Å². The number of phenolic OH excluding ortho intramolecular Hbond substituents is 1. The van der Waals surface area contributed by atoms with E-state index in [0.29, 0.717) is 5.69 Å². The van der Waals surface area contributed by atoms with E-state index >= 15 is 0 Å². The van der Waals surface area contributed by atoms with E-state index in [1.165, 1.54) is 12.1 Å². The van der Waals surface area contributed by atoms with Crippen molar-refractivity contribution in [2.24, 2.45) is 0 Å². The lowest BCUT2D eigenvalue weighted by Gasteiger charge is -2.28. The Morgan fingerprint density at radius 3 is 2.42 bits per heavy atom. The Morgan fingerprint density at radius 2 is 1.68 bits per heavy atom. The summed E-state index contributed by atoms with van der Waals surface area (Å²) < 4.78 is 26.8. The van der Waals surface area contributed by atoms with Crippen LogP contribution in [-0.2, 0) is 10.0 Å². The van der Waals surface area contributed by atoms with Crippen LogP contribution in [0.3, 0.4) is 0 Å². The van der Waals surface area contributed by atoms with Gasteiger partial charge in [-0.1, -0.05) is 24.3 Å². The third kappa shape index (κ3) is 2.16. The number of para-hydroxylation sites is 1. The lowest BCUT2D eigenvalue weighted by molar-refractivity contribution is 0.475. The van der Waals surface area contributed by atoms with E-state index in [9.17, 15) is 13.5 Å². The van der Waals surface area contributed by atoms with Gasteiger partial charge in [-0.15, -0.1) is 0 Å². The van der Waals surface area contributed by atoms with E-state index in [1.54, 1.807) is 36.4 Å². The summed E-state index contributed by atoms with van der Waals surface area (Å²) >= 11 is 0. The lowest BCUT2D eigenvalue weighted by atomic mass is 10.1. The number of aromatic hydroxyl groups is 1. The molecule has 1 heterocycles. The van der Waals surface area contributed by atoms with Crippen LogP contribution in [0, 0.1) is 0 Å². The van der Waals surface area contributed by atoms with Crippen molar-refractivity contribution >= 4 is 15.7 Å². The Kier molecular flexibility index (Phi) is 2.69. The minimum Gasteiger partial charge on any atom is -0.508 e. The van der Waals surface area contributed by atoms with Gasteiger partial charge in [-0.2, -0.15) is 4.72 Å². The highest BCUT2D eigenvalue weighted by molar-refractivity contribution is 7.89. The molecule has 1 unspecified atom stereocenters. The predicted molar refractivity (Wildman–Crippen MR) is 71.2 cm³/mol. The van der Waals surface area contributed by atoms with Crippen LogP contribution in [0.1, 0.15) is 11.7 Å². The number of phenols is 1. The molecule has 0 radical (unpaired) electrons. The molecule has 3 rings (SSSR count). The smallest absolute Gasteiger partial charge is 0.244 e. The second kappa shape index (κ2) is 4.25. The Labute approximate surface area is 111 Å². The van der Waals surface area contributed by atoms with Crippen molar-refractivity contribution in [3.63, 3.8) is 0 Å². The number of fused-ring (bicyclic) bond motifs is 1. The quantitative estimate of drug-likeness (QED) is 0.742. The van der Waals surface area contributed by atoms with Crippen LogP contribution in [0.15, 0.2) is 53.4 Å². The molecular formula is C13H12N2O3S. The molecule has 0 aromatic heterocycles. The van der Waals surface area contributed by atoms with Crippen molar-refractivity contribution < 1.29 is 13.5 Å². The van der Waals surface area contributed by atoms with Gasteiger partial charge in [0, 0.05) is 0 Å². The third-order valence-corrected chi connectivity index (χ3v) is 4.46. The number of sulfonamides is 1. The molecule has 1 aliphatic heterocycles. The number of nitrogens with one attached hydrogen (secondary N) is 2. The number of rotatable bonds is 1. The monoisotopic (exact) mass is 276 g/mol. The van der Waals surface area contributed by atoms with Crippen LogP contribution < -0.4 is 10.0 Å². The molecule has 0 bridgehead atoms. The second-order valence-electron chi connectivity index (χ2n) is 4.29. The molecule has 19 heavy (non-hydrogen) atoms. The van der Waals surface area contributed by atoms with Crippen molar-refractivity contribution in [2.75, 3.05) is 5.32 Å². The summed E-state index contributed by atoms with van der Waals surface area (Å²) in [6, 6.07) is 13.1. The summed E-state index contributed by atoms with van der Waals surface area (Å²) in [5.74, 6) is 0.141. The largest absolute Gasteiger partial charge is 0.508 e. The van der Waals surface area contributed by atoms with E-state index in [1.807, 2.05) is 0 Å². The molecule has 2 aromatic carbocycles. The summed E-state index contributed by atoms with van der Waals surface area (Å²) in [6.07, 6.45) is -0.541. The van der Waals surface area contributed by atoms with Crippen LogP contribution >= 0.6 is 0 Å². The van der Waals surface area contributed by atoms with E-state index < -0.39 is 16.2 Å². The van der Waals surface area contributed by atoms with E-state index in [2.05, 4.69) is 10.0 Å². The number of anilines is 1. The van der Waals surface area contributed by atoms with Gasteiger partial charge in [-0.25, -0.2) is 8.42 Å². The van der Waals surface area contributed by atoms with Crippen LogP contribution in [0.2, 0.25) is 0 Å². The molecule has 2 aromatic rings. The lowest BCUT2D eigenvalue weighted by Crippen LogP contribution is -2.38. The molecule has 0 saturated heterocycles. The highest BCUT2D eigenvalue weighted by Gasteiger charge is 2.29. The van der Waals surface area contributed by atoms with E-state index in [4.69, 9.17) is 0 Å². The minimum absolute atomic E-state index is 0.141. The maximum atomic E-state index is 12.1. The summed E-state index contributed by atoms with van der Waals surface area (Å²) in [5.41, 5.74) is 1.30. The molecule has 0 saturated carbocycles. The van der Waals surface area contributed by atoms with Crippen LogP contribution in [0.4, 0.5) is 5.69 Å². The minimum atomic E-state index is -3.52. The average Bonchev–Trinajstić information content (AvgIpc) is 2.39. The normalized spacial score (nSPS) is 20.3. The number of benzene rings is 2. The first-order valence-electron chi connectivity index (χ1n) is 5.73. The fourth-order valence-electron chi connectivity index (χ4n) is 2.04. The average molecular weight is 276 g/mol. The standard InChI is InChI=1S/C13H12N2O3S/c16-10-7-5-9(6-8-10)13-14-11-3-1-2-4-12(11)19(17,18)15-13/h1-8,13-16H. The molecule has 98 valence electrons. The maximum absolute atomic E-state index is 12.1. The van der Waals surface area contributed by atoms with Gasteiger partial charge in [-0.3, -0.25) is 0 Å². The Morgan fingerprint density at radius 1 is 1.00 bits per heavy atom. The maximum Gasteiger partial charge on any atom is 0.244 e. The second-order valence-corrected chi connectivity index (χ2v) is 5.97. The van der Waals surface area contributed by atoms with E-state index in [0.717, 1.165) is 5.56 Å². The molecule has 6 heteroatoms. The molecule has 0 fully saturated rings. The molecule has 5 nitrogen and oxygen atoms in total. The van der Waals surface area contributed by atoms with Gasteiger partial charge in [0.2, 0.25) is 10.0 Å². The molecule has 1 aliphatic rings. The fourth-order valence-corrected chi connectivity index (χ4v) is 3.35. The van der Waals surface area contributed by atoms with Gasteiger partial charge < -0.3 is 10.4 Å². The molecule has 0 amide bonds. The SMILES string of the molecule is O=S1(=O)NC(c2ccc(O)cc2)Nc2ccccc21. The molecule has 0 spiro atoms. The van der Waals surface area contributed by atoms with Crippen molar-refractivity contribution in [2.45, 2.75) is 11.1 Å².